The minimum Gasteiger partial charge on any atom is -0.493 e. The minimum atomic E-state index is -0.653. The molecule has 5 aromatic rings. The van der Waals surface area contributed by atoms with Crippen LogP contribution in [0.4, 0.5) is 27.7 Å². The molecule has 352 valence electrons. The fraction of sp³-hybridized carbons (Fsp3) is 0.391. The molecule has 0 radical (unpaired) electrons. The van der Waals surface area contributed by atoms with Crippen molar-refractivity contribution in [2.45, 2.75) is 38.8 Å². The number of aromatic nitrogens is 4. The number of nitrogens with zero attached hydrogens (tertiary/aromatic N) is 7. The molecule has 2 saturated heterocycles. The zero-order valence-corrected chi connectivity index (χ0v) is 37.8. The Hall–Kier alpha value is -7.52. The molecule has 6 amide bonds. The van der Waals surface area contributed by atoms with E-state index in [-0.39, 0.29) is 37.2 Å². The fourth-order valence-corrected chi connectivity index (χ4v) is 8.43. The maximum atomic E-state index is 13.3. The van der Waals surface area contributed by atoms with Crippen LogP contribution in [0, 0.1) is 6.92 Å². The molecule has 4 N–H and O–H groups in total. The van der Waals surface area contributed by atoms with Crippen LogP contribution in [0.1, 0.15) is 40.7 Å². The molecule has 1 unspecified atom stereocenters. The van der Waals surface area contributed by atoms with Crippen molar-refractivity contribution < 1.29 is 47.7 Å². The highest BCUT2D eigenvalue weighted by molar-refractivity contribution is 6.06. The first kappa shape index (κ1) is 46.0. The Kier molecular flexibility index (Phi) is 14.3. The van der Waals surface area contributed by atoms with Gasteiger partial charge in [-0.25, -0.2) is 19.3 Å². The van der Waals surface area contributed by atoms with Crippen molar-refractivity contribution in [1.29, 1.82) is 0 Å². The lowest BCUT2D eigenvalue weighted by Gasteiger charge is -2.36. The largest absolute Gasteiger partial charge is 0.493 e. The number of imide groups is 1. The van der Waals surface area contributed by atoms with E-state index in [0.717, 1.165) is 16.8 Å². The smallest absolute Gasteiger partial charge is 0.323 e. The lowest BCUT2D eigenvalue weighted by Crippen LogP contribution is -2.52. The highest BCUT2D eigenvalue weighted by Gasteiger charge is 2.39. The second-order valence-electron chi connectivity index (χ2n) is 16.0. The van der Waals surface area contributed by atoms with Crippen LogP contribution in [0.15, 0.2) is 61.1 Å². The van der Waals surface area contributed by atoms with E-state index in [1.165, 1.54) is 21.3 Å². The maximum Gasteiger partial charge on any atom is 0.323 e. The lowest BCUT2D eigenvalue weighted by atomic mass is 10.0. The average Bonchev–Trinajstić information content (AvgIpc) is 3.94. The number of anilines is 4. The number of hydrogen-bond acceptors (Lipinski definition) is 15. The van der Waals surface area contributed by atoms with Gasteiger partial charge in [0.25, 0.3) is 5.91 Å². The van der Waals surface area contributed by atoms with Crippen molar-refractivity contribution in [3.63, 3.8) is 0 Å². The summed E-state index contributed by atoms with van der Waals surface area (Å²) in [4.78, 5) is 77.8. The standard InChI is InChI=1S/C46H53N11O10/c1-28-21-31(51-46(62)52-34-26-48-38-9-11-50-57(38)41(34)29-23-36(63-2)42(65-4)37(24-29)64-3)25-49-43(28)47-12-18-67-20-19-66-17-10-40(59)55-15-13-54(14-16-55)32-5-6-33-30(22-32)27-56(45(33)61)35-7-8-39(58)53-44(35)60/h5-6,9,11,21-26,35H,7-8,10,12-20,27H2,1-4H3,(H,47,49)(H2,51,52,62)(H,53,58,60). The van der Waals surface area contributed by atoms with E-state index in [0.29, 0.717) is 122 Å². The van der Waals surface area contributed by atoms with Gasteiger partial charge < -0.3 is 54.3 Å². The van der Waals surface area contributed by atoms with Gasteiger partial charge in [-0.3, -0.25) is 24.5 Å². The molecule has 3 aliphatic heterocycles. The first-order valence-corrected chi connectivity index (χ1v) is 21.9. The molecule has 67 heavy (non-hydrogen) atoms. The summed E-state index contributed by atoms with van der Waals surface area (Å²) in [5, 5.41) is 15.7. The summed E-state index contributed by atoms with van der Waals surface area (Å²) in [6.07, 6.45) is 5.53. The maximum absolute atomic E-state index is 13.3. The molecular formula is C46H53N11O10. The summed E-state index contributed by atoms with van der Waals surface area (Å²) in [6, 6.07) is 11.6. The van der Waals surface area contributed by atoms with Gasteiger partial charge in [0.05, 0.1) is 89.8 Å². The van der Waals surface area contributed by atoms with Crippen LogP contribution >= 0.6 is 0 Å². The summed E-state index contributed by atoms with van der Waals surface area (Å²) < 4.78 is 29.6. The second kappa shape index (κ2) is 20.8. The number of piperazine rings is 1. The van der Waals surface area contributed by atoms with Crippen LogP contribution in [-0.2, 0) is 30.4 Å². The number of carbonyl (C=O) groups is 5. The number of ether oxygens (including phenoxy) is 5. The van der Waals surface area contributed by atoms with Crippen LogP contribution in [0.3, 0.4) is 0 Å². The van der Waals surface area contributed by atoms with Crippen molar-refractivity contribution >= 4 is 58.2 Å². The predicted molar refractivity (Wildman–Crippen MR) is 246 cm³/mol. The van der Waals surface area contributed by atoms with E-state index in [9.17, 15) is 24.0 Å². The molecule has 0 saturated carbocycles. The van der Waals surface area contributed by atoms with Gasteiger partial charge in [-0.05, 0) is 60.9 Å². The number of nitrogens with one attached hydrogen (secondary N) is 4. The zero-order chi connectivity index (χ0) is 47.0. The van der Waals surface area contributed by atoms with E-state index in [1.54, 1.807) is 58.3 Å². The molecule has 0 aliphatic carbocycles. The van der Waals surface area contributed by atoms with Crippen molar-refractivity contribution in [3.05, 3.63) is 77.7 Å². The Bertz CT molecular complexity index is 2640. The number of fused-ring (bicyclic) bond motifs is 2. The van der Waals surface area contributed by atoms with Crippen LogP contribution in [-0.4, -0.2) is 146 Å². The quantitative estimate of drug-likeness (QED) is 0.0725. The highest BCUT2D eigenvalue weighted by atomic mass is 16.5. The zero-order valence-electron chi connectivity index (χ0n) is 37.8. The Labute approximate surface area is 386 Å². The van der Waals surface area contributed by atoms with Gasteiger partial charge in [0.1, 0.15) is 11.9 Å². The van der Waals surface area contributed by atoms with Crippen LogP contribution in [0.2, 0.25) is 0 Å². The molecule has 21 heteroatoms. The van der Waals surface area contributed by atoms with Gasteiger partial charge in [0.15, 0.2) is 17.1 Å². The normalized spacial score (nSPS) is 15.9. The monoisotopic (exact) mass is 919 g/mol. The molecule has 0 bridgehead atoms. The van der Waals surface area contributed by atoms with E-state index in [2.05, 4.69) is 41.2 Å². The molecule has 2 aromatic carbocycles. The topological polar surface area (TPSA) is 232 Å². The first-order chi connectivity index (χ1) is 32.5. The first-order valence-electron chi connectivity index (χ1n) is 21.9. The Balaban J connectivity index is 0.718. The number of carbonyl (C=O) groups excluding carboxylic acids is 5. The molecule has 2 fully saturated rings. The molecule has 0 spiro atoms. The van der Waals surface area contributed by atoms with E-state index < -0.39 is 18.0 Å². The number of amides is 6. The molecule has 3 aromatic heterocycles. The number of rotatable bonds is 18. The predicted octanol–water partition coefficient (Wildman–Crippen LogP) is 3.71. The number of piperidine rings is 1. The summed E-state index contributed by atoms with van der Waals surface area (Å²) in [5.74, 6) is 1.03. The van der Waals surface area contributed by atoms with Crippen molar-refractivity contribution in [1.82, 2.24) is 34.7 Å². The number of methoxy groups -OCH3 is 3. The third-order valence-corrected chi connectivity index (χ3v) is 11.8. The lowest BCUT2D eigenvalue weighted by molar-refractivity contribution is -0.137. The van der Waals surface area contributed by atoms with Crippen molar-refractivity contribution in [2.75, 3.05) is 101 Å². The van der Waals surface area contributed by atoms with Gasteiger partial charge in [-0.15, -0.1) is 0 Å². The fourth-order valence-electron chi connectivity index (χ4n) is 8.43. The third-order valence-electron chi connectivity index (χ3n) is 11.8. The molecule has 21 nitrogen and oxygen atoms in total. The second-order valence-corrected chi connectivity index (χ2v) is 16.0. The Morgan fingerprint density at radius 1 is 0.851 bits per heavy atom. The van der Waals surface area contributed by atoms with Gasteiger partial charge in [-0.1, -0.05) is 0 Å². The summed E-state index contributed by atoms with van der Waals surface area (Å²) >= 11 is 0. The van der Waals surface area contributed by atoms with Crippen LogP contribution < -0.4 is 40.4 Å². The van der Waals surface area contributed by atoms with E-state index in [4.69, 9.17) is 23.7 Å². The minimum absolute atomic E-state index is 0.0279. The van der Waals surface area contributed by atoms with Gasteiger partial charge in [0, 0.05) is 68.6 Å². The number of hydrogen-bond donors (Lipinski definition) is 4. The average molecular weight is 920 g/mol. The Morgan fingerprint density at radius 3 is 2.33 bits per heavy atom. The van der Waals surface area contributed by atoms with Crippen molar-refractivity contribution in [3.8, 4) is 28.5 Å². The summed E-state index contributed by atoms with van der Waals surface area (Å²) in [5.41, 5.74) is 5.82. The molecule has 6 heterocycles. The number of benzene rings is 2. The van der Waals surface area contributed by atoms with Gasteiger partial charge in [0.2, 0.25) is 23.5 Å². The van der Waals surface area contributed by atoms with Gasteiger partial charge in [-0.2, -0.15) is 5.10 Å². The van der Waals surface area contributed by atoms with Gasteiger partial charge >= 0.3 is 6.03 Å². The SMILES string of the molecule is COc1cc(-c2c(NC(=O)Nc3cnc(NCCOCCOCCC(=O)N4CCN(c5ccc6c(c5)CN(C5CCC(=O)NC5=O)C6=O)CC4)c(C)c3)cnc3ccnn23)cc(OC)c1OC. The molecular weight excluding hydrogens is 867 g/mol. The number of aryl methyl sites for hydroxylation is 1. The van der Waals surface area contributed by atoms with E-state index in [1.807, 2.05) is 24.0 Å². The number of urea groups is 1. The molecule has 3 aliphatic rings. The van der Waals surface area contributed by atoms with Crippen molar-refractivity contribution in [2.24, 2.45) is 0 Å². The third kappa shape index (κ3) is 10.3. The van der Waals surface area contributed by atoms with Crippen LogP contribution in [0.5, 0.6) is 17.2 Å². The summed E-state index contributed by atoms with van der Waals surface area (Å²) in [6.45, 7) is 6.52. The Morgan fingerprint density at radius 2 is 1.61 bits per heavy atom. The highest BCUT2D eigenvalue weighted by Crippen LogP contribution is 2.42. The van der Waals surface area contributed by atoms with Crippen LogP contribution in [0.25, 0.3) is 16.9 Å². The molecule has 1 atom stereocenters. The summed E-state index contributed by atoms with van der Waals surface area (Å²) in [7, 11) is 4.58. The van der Waals surface area contributed by atoms with E-state index >= 15 is 0 Å². The number of pyridine rings is 1. The molecule has 8 rings (SSSR count).